The Balaban J connectivity index is 0. The quantitative estimate of drug-likeness (QED) is 0.302. The Kier molecular flexibility index (Phi) is 18.5. The van der Waals surface area contributed by atoms with Gasteiger partial charge in [-0.05, 0) is 27.1 Å². The molecule has 0 aliphatic carbocycles. The molecule has 0 aromatic rings. The maximum absolute atomic E-state index is 9.97. The van der Waals surface area contributed by atoms with Gasteiger partial charge in [0.2, 0.25) is 0 Å². The van der Waals surface area contributed by atoms with Gasteiger partial charge in [-0.2, -0.15) is 0 Å². The van der Waals surface area contributed by atoms with E-state index in [4.69, 9.17) is 9.47 Å². The molecule has 0 aliphatic heterocycles. The smallest absolute Gasteiger partial charge is 0.853 e. The fraction of sp³-hybridized carbons (Fsp3) is 1.00. The van der Waals surface area contributed by atoms with Crippen LogP contribution in [0, 0.1) is 0 Å². The van der Waals surface area contributed by atoms with E-state index in [-0.39, 0.29) is 58.0 Å². The molecule has 0 N–H and O–H groups in total. The number of hydrogen-bond acceptors (Lipinski definition) is 4. The van der Waals surface area contributed by atoms with E-state index in [2.05, 4.69) is 4.90 Å². The average Bonchev–Trinajstić information content (AvgIpc) is 2.09. The van der Waals surface area contributed by atoms with Crippen molar-refractivity contribution in [3.63, 3.8) is 0 Å². The number of rotatable bonds is 9. The first-order chi connectivity index (χ1) is 6.27. The SMILES string of the molecule is CN(C)CCCOCCOCC[O-].[K+]. The van der Waals surface area contributed by atoms with Gasteiger partial charge in [-0.25, -0.2) is 0 Å². The Labute approximate surface area is 129 Å². The van der Waals surface area contributed by atoms with Crippen LogP contribution in [0.5, 0.6) is 0 Å². The number of nitrogens with zero attached hydrogens (tertiary/aromatic N) is 1. The second kappa shape index (κ2) is 14.5. The zero-order chi connectivity index (χ0) is 9.94. The van der Waals surface area contributed by atoms with Crippen molar-refractivity contribution in [2.75, 3.05) is 53.7 Å². The third-order valence-electron chi connectivity index (χ3n) is 1.49. The van der Waals surface area contributed by atoms with Crippen molar-refractivity contribution in [2.24, 2.45) is 0 Å². The Morgan fingerprint density at radius 3 is 2.07 bits per heavy atom. The molecule has 0 fully saturated rings. The van der Waals surface area contributed by atoms with Crippen molar-refractivity contribution in [1.82, 2.24) is 4.90 Å². The first kappa shape index (κ1) is 17.9. The zero-order valence-electron chi connectivity index (χ0n) is 9.62. The molecule has 0 aromatic heterocycles. The van der Waals surface area contributed by atoms with E-state index < -0.39 is 0 Å². The molecule has 0 saturated heterocycles. The minimum atomic E-state index is -0.166. The van der Waals surface area contributed by atoms with Crippen molar-refractivity contribution in [3.8, 4) is 0 Å². The minimum Gasteiger partial charge on any atom is -0.853 e. The van der Waals surface area contributed by atoms with E-state index >= 15 is 0 Å². The normalized spacial score (nSPS) is 10.3. The summed E-state index contributed by atoms with van der Waals surface area (Å²) in [7, 11) is 4.08. The summed E-state index contributed by atoms with van der Waals surface area (Å²) >= 11 is 0. The molecule has 5 heteroatoms. The standard InChI is InChI=1S/C9H20NO3.K/c1-10(2)4-3-6-12-8-9-13-7-5-11;/h3-9H2,1-2H3;/q-1;+1. The largest absolute Gasteiger partial charge is 1.00 e. The first-order valence-electron chi connectivity index (χ1n) is 4.65. The summed E-state index contributed by atoms with van der Waals surface area (Å²) in [5.41, 5.74) is 0. The van der Waals surface area contributed by atoms with Gasteiger partial charge in [-0.15, -0.1) is 6.61 Å². The van der Waals surface area contributed by atoms with E-state index in [1.165, 1.54) is 0 Å². The van der Waals surface area contributed by atoms with Crippen LogP contribution in [0.25, 0.3) is 0 Å². The van der Waals surface area contributed by atoms with Gasteiger partial charge in [0, 0.05) is 13.2 Å². The molecule has 14 heavy (non-hydrogen) atoms. The van der Waals surface area contributed by atoms with Crippen LogP contribution in [0.3, 0.4) is 0 Å². The van der Waals surface area contributed by atoms with E-state index in [9.17, 15) is 5.11 Å². The first-order valence-corrected chi connectivity index (χ1v) is 4.65. The predicted octanol–water partition coefficient (Wildman–Crippen LogP) is -3.66. The summed E-state index contributed by atoms with van der Waals surface area (Å²) in [5, 5.41) is 9.97. The van der Waals surface area contributed by atoms with Crippen LogP contribution < -0.4 is 56.5 Å². The van der Waals surface area contributed by atoms with Crippen LogP contribution in [0.4, 0.5) is 0 Å². The van der Waals surface area contributed by atoms with Gasteiger partial charge in [0.05, 0.1) is 13.2 Å². The summed E-state index contributed by atoms with van der Waals surface area (Å²) in [5.74, 6) is 0. The average molecular weight is 229 g/mol. The van der Waals surface area contributed by atoms with Crippen LogP contribution in [-0.2, 0) is 9.47 Å². The molecule has 0 unspecified atom stereocenters. The van der Waals surface area contributed by atoms with Crippen LogP contribution in [-0.4, -0.2) is 58.6 Å². The Morgan fingerprint density at radius 1 is 1.00 bits per heavy atom. The van der Waals surface area contributed by atoms with Crippen molar-refractivity contribution in [2.45, 2.75) is 6.42 Å². The molecule has 0 atom stereocenters. The summed E-state index contributed by atoms with van der Waals surface area (Å²) < 4.78 is 10.2. The van der Waals surface area contributed by atoms with Crippen molar-refractivity contribution < 1.29 is 66.0 Å². The Hall–Kier alpha value is 1.48. The summed E-state index contributed by atoms with van der Waals surface area (Å²) in [4.78, 5) is 2.12. The Bertz CT molecular complexity index is 104. The van der Waals surface area contributed by atoms with E-state index in [0.717, 1.165) is 19.6 Å². The molecular weight excluding hydrogens is 209 g/mol. The molecule has 0 radical (unpaired) electrons. The van der Waals surface area contributed by atoms with Gasteiger partial charge in [-0.1, -0.05) is 0 Å². The molecule has 0 heterocycles. The van der Waals surface area contributed by atoms with Crippen molar-refractivity contribution >= 4 is 0 Å². The van der Waals surface area contributed by atoms with Crippen molar-refractivity contribution in [1.29, 1.82) is 0 Å². The molecule has 0 saturated carbocycles. The van der Waals surface area contributed by atoms with Crippen LogP contribution >= 0.6 is 0 Å². The summed E-state index contributed by atoms with van der Waals surface area (Å²) in [6.07, 6.45) is 1.04. The molecule has 4 nitrogen and oxygen atoms in total. The van der Waals surface area contributed by atoms with Gasteiger partial charge in [0.15, 0.2) is 0 Å². The topological polar surface area (TPSA) is 44.8 Å². The number of ether oxygens (including phenoxy) is 2. The second-order valence-electron chi connectivity index (χ2n) is 3.09. The third kappa shape index (κ3) is 15.9. The molecular formula is C9H20KNO3. The third-order valence-corrected chi connectivity index (χ3v) is 1.49. The molecule has 0 bridgehead atoms. The van der Waals surface area contributed by atoms with Gasteiger partial charge in [0.25, 0.3) is 0 Å². The molecule has 0 rings (SSSR count). The molecule has 0 aromatic carbocycles. The Morgan fingerprint density at radius 2 is 1.57 bits per heavy atom. The van der Waals surface area contributed by atoms with Crippen LogP contribution in [0.1, 0.15) is 6.42 Å². The number of hydrogen-bond donors (Lipinski definition) is 0. The van der Waals surface area contributed by atoms with Crippen molar-refractivity contribution in [3.05, 3.63) is 0 Å². The summed E-state index contributed by atoms with van der Waals surface area (Å²) in [6, 6.07) is 0. The summed E-state index contributed by atoms with van der Waals surface area (Å²) in [6.45, 7) is 3.06. The minimum absolute atomic E-state index is 0. The predicted molar refractivity (Wildman–Crippen MR) is 49.7 cm³/mol. The maximum atomic E-state index is 9.97. The zero-order valence-corrected chi connectivity index (χ0v) is 12.7. The van der Waals surface area contributed by atoms with Gasteiger partial charge >= 0.3 is 51.4 Å². The van der Waals surface area contributed by atoms with Crippen LogP contribution in [0.2, 0.25) is 0 Å². The van der Waals surface area contributed by atoms with Gasteiger partial charge < -0.3 is 19.5 Å². The maximum Gasteiger partial charge on any atom is 1.00 e. The van der Waals surface area contributed by atoms with E-state index in [0.29, 0.717) is 19.8 Å². The van der Waals surface area contributed by atoms with E-state index in [1.54, 1.807) is 0 Å². The monoisotopic (exact) mass is 229 g/mol. The molecule has 0 aliphatic rings. The fourth-order valence-electron chi connectivity index (χ4n) is 0.864. The molecule has 80 valence electrons. The van der Waals surface area contributed by atoms with E-state index in [1.807, 2.05) is 14.1 Å². The van der Waals surface area contributed by atoms with Gasteiger partial charge in [-0.3, -0.25) is 0 Å². The van der Waals surface area contributed by atoms with Gasteiger partial charge in [0.1, 0.15) is 0 Å². The van der Waals surface area contributed by atoms with Crippen LogP contribution in [0.15, 0.2) is 0 Å². The molecule has 0 amide bonds. The molecule has 0 spiro atoms. The fourth-order valence-corrected chi connectivity index (χ4v) is 0.864. The second-order valence-corrected chi connectivity index (χ2v) is 3.09.